The summed E-state index contributed by atoms with van der Waals surface area (Å²) in [5.41, 5.74) is 0. The molecular formula is C15H26O4. The Morgan fingerprint density at radius 3 is 2.32 bits per heavy atom. The number of aliphatic carboxylic acids is 2. The van der Waals surface area contributed by atoms with Gasteiger partial charge in [-0.05, 0) is 25.7 Å². The Kier molecular flexibility index (Phi) is 10.9. The molecule has 0 fully saturated rings. The fourth-order valence-corrected chi connectivity index (χ4v) is 1.88. The first-order valence-electron chi connectivity index (χ1n) is 7.17. The highest BCUT2D eigenvalue weighted by atomic mass is 16.4. The van der Waals surface area contributed by atoms with E-state index in [0.29, 0.717) is 6.42 Å². The third-order valence-electron chi connectivity index (χ3n) is 3.12. The number of unbranched alkanes of at least 4 members (excludes halogenated alkanes) is 5. The zero-order valence-electron chi connectivity index (χ0n) is 11.8. The first-order valence-corrected chi connectivity index (χ1v) is 7.17. The van der Waals surface area contributed by atoms with Crippen LogP contribution in [0.25, 0.3) is 0 Å². The van der Waals surface area contributed by atoms with E-state index >= 15 is 0 Å². The van der Waals surface area contributed by atoms with Crippen LogP contribution in [-0.2, 0) is 9.59 Å². The number of hydrogen-bond acceptors (Lipinski definition) is 2. The molecule has 0 bridgehead atoms. The van der Waals surface area contributed by atoms with E-state index < -0.39 is 17.9 Å². The van der Waals surface area contributed by atoms with Gasteiger partial charge in [0.25, 0.3) is 0 Å². The predicted octanol–water partition coefficient (Wildman–Crippen LogP) is 3.86. The second kappa shape index (κ2) is 11.8. The lowest BCUT2D eigenvalue weighted by Crippen LogP contribution is -2.14. The molecular weight excluding hydrogens is 244 g/mol. The highest BCUT2D eigenvalue weighted by molar-refractivity contribution is 5.72. The Bertz CT molecular complexity index is 284. The molecule has 0 heterocycles. The van der Waals surface area contributed by atoms with Crippen molar-refractivity contribution in [2.24, 2.45) is 5.92 Å². The number of rotatable bonds is 12. The van der Waals surface area contributed by atoms with Crippen molar-refractivity contribution in [3.8, 4) is 0 Å². The summed E-state index contributed by atoms with van der Waals surface area (Å²) >= 11 is 0. The van der Waals surface area contributed by atoms with Gasteiger partial charge in [-0.15, -0.1) is 0 Å². The van der Waals surface area contributed by atoms with Gasteiger partial charge in [-0.25, -0.2) is 0 Å². The number of hydrogen-bond donors (Lipinski definition) is 2. The number of carboxylic acids is 2. The topological polar surface area (TPSA) is 74.6 Å². The Morgan fingerprint density at radius 2 is 1.74 bits per heavy atom. The van der Waals surface area contributed by atoms with Crippen molar-refractivity contribution in [2.45, 2.75) is 64.7 Å². The molecule has 1 unspecified atom stereocenters. The maximum Gasteiger partial charge on any atom is 0.306 e. The zero-order valence-corrected chi connectivity index (χ0v) is 11.8. The van der Waals surface area contributed by atoms with Gasteiger partial charge in [-0.1, -0.05) is 44.8 Å². The Morgan fingerprint density at radius 1 is 1.05 bits per heavy atom. The minimum Gasteiger partial charge on any atom is -0.481 e. The van der Waals surface area contributed by atoms with E-state index in [0.717, 1.165) is 12.8 Å². The smallest absolute Gasteiger partial charge is 0.306 e. The van der Waals surface area contributed by atoms with Crippen molar-refractivity contribution in [2.75, 3.05) is 0 Å². The molecule has 0 radical (unpaired) electrons. The molecule has 0 saturated carbocycles. The number of allylic oxidation sites excluding steroid dienone is 2. The van der Waals surface area contributed by atoms with E-state index in [9.17, 15) is 9.59 Å². The summed E-state index contributed by atoms with van der Waals surface area (Å²) < 4.78 is 0. The van der Waals surface area contributed by atoms with Crippen LogP contribution in [-0.4, -0.2) is 22.2 Å². The third-order valence-corrected chi connectivity index (χ3v) is 3.12. The van der Waals surface area contributed by atoms with Gasteiger partial charge in [0, 0.05) is 6.42 Å². The van der Waals surface area contributed by atoms with Gasteiger partial charge >= 0.3 is 11.9 Å². The summed E-state index contributed by atoms with van der Waals surface area (Å²) in [6, 6.07) is 0. The van der Waals surface area contributed by atoms with E-state index in [-0.39, 0.29) is 12.8 Å². The van der Waals surface area contributed by atoms with Gasteiger partial charge in [-0.2, -0.15) is 0 Å². The lowest BCUT2D eigenvalue weighted by Gasteiger charge is -2.07. The van der Waals surface area contributed by atoms with Crippen LogP contribution >= 0.6 is 0 Å². The Labute approximate surface area is 115 Å². The minimum absolute atomic E-state index is 0.0815. The Balaban J connectivity index is 3.72. The van der Waals surface area contributed by atoms with Crippen LogP contribution in [0.1, 0.15) is 64.7 Å². The Hall–Kier alpha value is -1.32. The molecule has 2 N–H and O–H groups in total. The van der Waals surface area contributed by atoms with Gasteiger partial charge in [0.05, 0.1) is 5.92 Å². The summed E-state index contributed by atoms with van der Waals surface area (Å²) in [4.78, 5) is 21.3. The summed E-state index contributed by atoms with van der Waals surface area (Å²) in [6.07, 6.45) is 11.6. The first kappa shape index (κ1) is 17.7. The summed E-state index contributed by atoms with van der Waals surface area (Å²) in [7, 11) is 0. The molecule has 4 nitrogen and oxygen atoms in total. The average molecular weight is 270 g/mol. The van der Waals surface area contributed by atoms with Crippen LogP contribution < -0.4 is 0 Å². The van der Waals surface area contributed by atoms with Gasteiger partial charge in [-0.3, -0.25) is 9.59 Å². The monoisotopic (exact) mass is 270 g/mol. The molecule has 4 heteroatoms. The molecule has 0 aromatic heterocycles. The van der Waals surface area contributed by atoms with E-state index in [1.54, 1.807) is 0 Å². The van der Waals surface area contributed by atoms with E-state index in [2.05, 4.69) is 6.92 Å². The first-order chi connectivity index (χ1) is 9.07. The summed E-state index contributed by atoms with van der Waals surface area (Å²) in [6.45, 7) is 2.18. The fraction of sp³-hybridized carbons (Fsp3) is 0.733. The van der Waals surface area contributed by atoms with E-state index in [4.69, 9.17) is 10.2 Å². The molecule has 0 aliphatic heterocycles. The molecule has 0 aromatic rings. The largest absolute Gasteiger partial charge is 0.481 e. The average Bonchev–Trinajstić information content (AvgIpc) is 2.35. The maximum absolute atomic E-state index is 10.9. The second-order valence-corrected chi connectivity index (χ2v) is 4.88. The number of carboxylic acid groups (broad SMARTS) is 2. The van der Waals surface area contributed by atoms with E-state index in [1.807, 2.05) is 12.2 Å². The SMILES string of the molecule is CCCCCCCC=CCC(CCC(=O)O)C(=O)O. The van der Waals surface area contributed by atoms with Crippen LogP contribution in [0.4, 0.5) is 0 Å². The lowest BCUT2D eigenvalue weighted by atomic mass is 9.99. The van der Waals surface area contributed by atoms with Gasteiger partial charge in [0.2, 0.25) is 0 Å². The van der Waals surface area contributed by atoms with Crippen molar-refractivity contribution in [3.63, 3.8) is 0 Å². The molecule has 0 rings (SSSR count). The van der Waals surface area contributed by atoms with Crippen LogP contribution in [0.3, 0.4) is 0 Å². The molecule has 0 spiro atoms. The molecule has 0 saturated heterocycles. The second-order valence-electron chi connectivity index (χ2n) is 4.88. The van der Waals surface area contributed by atoms with Crippen LogP contribution in [0.15, 0.2) is 12.2 Å². The number of carbonyl (C=O) groups is 2. The van der Waals surface area contributed by atoms with Crippen molar-refractivity contribution in [3.05, 3.63) is 12.2 Å². The van der Waals surface area contributed by atoms with Crippen LogP contribution in [0.5, 0.6) is 0 Å². The highest BCUT2D eigenvalue weighted by Crippen LogP contribution is 2.13. The van der Waals surface area contributed by atoms with Crippen molar-refractivity contribution in [1.82, 2.24) is 0 Å². The van der Waals surface area contributed by atoms with Gasteiger partial charge in [0.1, 0.15) is 0 Å². The van der Waals surface area contributed by atoms with Crippen molar-refractivity contribution >= 4 is 11.9 Å². The molecule has 19 heavy (non-hydrogen) atoms. The van der Waals surface area contributed by atoms with Gasteiger partial charge < -0.3 is 10.2 Å². The van der Waals surface area contributed by atoms with Crippen molar-refractivity contribution in [1.29, 1.82) is 0 Å². The fourth-order valence-electron chi connectivity index (χ4n) is 1.88. The predicted molar refractivity (Wildman–Crippen MR) is 75.1 cm³/mol. The highest BCUT2D eigenvalue weighted by Gasteiger charge is 2.16. The maximum atomic E-state index is 10.9. The summed E-state index contributed by atoms with van der Waals surface area (Å²) in [5.74, 6) is -2.42. The molecule has 0 amide bonds. The van der Waals surface area contributed by atoms with Crippen molar-refractivity contribution < 1.29 is 19.8 Å². The molecule has 0 aromatic carbocycles. The standard InChI is InChI=1S/C15H26O4/c1-2-3-4-5-6-7-8-9-10-13(15(18)19)11-12-14(16)17/h8-9,13H,2-7,10-12H2,1H3,(H,16,17)(H,18,19). The minimum atomic E-state index is -0.939. The molecule has 0 aliphatic rings. The summed E-state index contributed by atoms with van der Waals surface area (Å²) in [5, 5.41) is 17.5. The van der Waals surface area contributed by atoms with Gasteiger partial charge in [0.15, 0.2) is 0 Å². The third kappa shape index (κ3) is 11.5. The van der Waals surface area contributed by atoms with Crippen LogP contribution in [0, 0.1) is 5.92 Å². The quantitative estimate of drug-likeness (QED) is 0.417. The molecule has 1 atom stereocenters. The zero-order chi connectivity index (χ0) is 14.5. The normalized spacial score (nSPS) is 12.7. The van der Waals surface area contributed by atoms with Crippen LogP contribution in [0.2, 0.25) is 0 Å². The molecule has 110 valence electrons. The molecule has 0 aliphatic carbocycles. The lowest BCUT2D eigenvalue weighted by molar-refractivity contribution is -0.142. The van der Waals surface area contributed by atoms with E-state index in [1.165, 1.54) is 25.7 Å².